The summed E-state index contributed by atoms with van der Waals surface area (Å²) in [6.45, 7) is 2.83. The summed E-state index contributed by atoms with van der Waals surface area (Å²) in [7, 11) is 3.09. The first kappa shape index (κ1) is 38.5. The molecule has 0 N–H and O–H groups in total. The van der Waals surface area contributed by atoms with Crippen LogP contribution in [0.3, 0.4) is 0 Å². The number of ether oxygens (including phenoxy) is 6. The molecule has 3 aliphatic rings. The van der Waals surface area contributed by atoms with E-state index in [9.17, 15) is 9.59 Å². The number of carbonyl (C=O) groups excluding carboxylic acids is 2. The monoisotopic (exact) mass is 704 g/mol. The standard InChI is InChI=1S/C43H60O8/c1-4-5-6-7-8-9-10-11-12-13-14-15-16-17-18-19-20-21-22-23-39(44)51-42-37(46-2)26-32(27-38(42)47-3)40-34-28-36-35(49-30-50-36)25-31(34)24-33-29-48-43(45)41(33)40/h11-12,25-28,33,40-41H,4-10,13-24,29-30H2,1-3H3/b12-11-/t33-,40+,41-/m0/s1. The number of fused-ring (bicyclic) bond motifs is 3. The van der Waals surface area contributed by atoms with E-state index in [1.165, 1.54) is 89.9 Å². The first-order valence-electron chi connectivity index (χ1n) is 19.7. The predicted molar refractivity (Wildman–Crippen MR) is 199 cm³/mol. The highest BCUT2D eigenvalue weighted by molar-refractivity contribution is 5.79. The maximum Gasteiger partial charge on any atom is 0.311 e. The third-order valence-corrected chi connectivity index (χ3v) is 10.7. The van der Waals surface area contributed by atoms with E-state index in [-0.39, 0.29) is 42.2 Å². The number of carbonyl (C=O) groups is 2. The fraction of sp³-hybridized carbons (Fsp3) is 0.628. The minimum absolute atomic E-state index is 0.0433. The number of allylic oxidation sites excluding steroid dienone is 2. The Bertz CT molecular complexity index is 1420. The zero-order valence-electron chi connectivity index (χ0n) is 31.3. The fourth-order valence-corrected chi connectivity index (χ4v) is 7.90. The molecule has 280 valence electrons. The predicted octanol–water partition coefficient (Wildman–Crippen LogP) is 10.4. The van der Waals surface area contributed by atoms with Crippen LogP contribution in [-0.4, -0.2) is 39.6 Å². The van der Waals surface area contributed by atoms with Crippen molar-refractivity contribution in [3.8, 4) is 28.7 Å². The second kappa shape index (κ2) is 20.4. The highest BCUT2D eigenvalue weighted by Gasteiger charge is 2.48. The van der Waals surface area contributed by atoms with Crippen molar-refractivity contribution in [1.82, 2.24) is 0 Å². The van der Waals surface area contributed by atoms with Crippen molar-refractivity contribution in [3.05, 3.63) is 53.1 Å². The van der Waals surface area contributed by atoms with E-state index in [1.54, 1.807) is 14.2 Å². The lowest BCUT2D eigenvalue weighted by molar-refractivity contribution is -0.141. The molecule has 0 aromatic heterocycles. The van der Waals surface area contributed by atoms with Crippen LogP contribution in [0, 0.1) is 11.8 Å². The first-order valence-corrected chi connectivity index (χ1v) is 19.7. The zero-order chi connectivity index (χ0) is 35.8. The van der Waals surface area contributed by atoms with Crippen molar-refractivity contribution in [2.24, 2.45) is 11.8 Å². The lowest BCUT2D eigenvalue weighted by Crippen LogP contribution is -2.31. The second-order valence-electron chi connectivity index (χ2n) is 14.5. The Labute approximate surface area is 305 Å². The van der Waals surface area contributed by atoms with Crippen LogP contribution in [0.25, 0.3) is 0 Å². The number of hydrogen-bond acceptors (Lipinski definition) is 8. The van der Waals surface area contributed by atoms with Crippen LogP contribution in [-0.2, 0) is 20.7 Å². The smallest absolute Gasteiger partial charge is 0.311 e. The van der Waals surface area contributed by atoms with E-state index in [2.05, 4.69) is 19.1 Å². The molecule has 8 heteroatoms. The SMILES string of the molecule is CCCCCCCC/C=C\CCCCCCCCCCCC(=O)Oc1c(OC)cc([C@@H]2c3cc4c(cc3C[C@H]3COC(=O)[C@@H]32)OCO4)cc1OC. The van der Waals surface area contributed by atoms with Crippen molar-refractivity contribution >= 4 is 11.9 Å². The van der Waals surface area contributed by atoms with Gasteiger partial charge in [0, 0.05) is 18.3 Å². The van der Waals surface area contributed by atoms with Gasteiger partial charge < -0.3 is 28.4 Å². The molecule has 1 saturated heterocycles. The van der Waals surface area contributed by atoms with Crippen LogP contribution >= 0.6 is 0 Å². The van der Waals surface area contributed by atoms with Crippen LogP contribution in [0.2, 0.25) is 0 Å². The molecule has 0 unspecified atom stereocenters. The summed E-state index contributed by atoms with van der Waals surface area (Å²) in [5.74, 6) is 1.28. The van der Waals surface area contributed by atoms with E-state index in [0.29, 0.717) is 30.3 Å². The maximum atomic E-state index is 13.1. The Morgan fingerprint density at radius 2 is 1.31 bits per heavy atom. The average Bonchev–Trinajstić information content (AvgIpc) is 3.76. The number of benzene rings is 2. The Hall–Kier alpha value is -3.68. The van der Waals surface area contributed by atoms with Gasteiger partial charge in [0.05, 0.1) is 26.7 Å². The molecule has 0 spiro atoms. The molecule has 0 bridgehead atoms. The van der Waals surface area contributed by atoms with Crippen molar-refractivity contribution < 1.29 is 38.0 Å². The summed E-state index contributed by atoms with van der Waals surface area (Å²) in [6, 6.07) is 7.71. The highest BCUT2D eigenvalue weighted by Crippen LogP contribution is 2.52. The molecular weight excluding hydrogens is 644 g/mol. The van der Waals surface area contributed by atoms with Crippen LogP contribution in [0.4, 0.5) is 0 Å². The summed E-state index contributed by atoms with van der Waals surface area (Å²) in [4.78, 5) is 26.0. The Kier molecular flexibility index (Phi) is 15.4. The molecular formula is C43H60O8. The molecule has 2 aromatic carbocycles. The van der Waals surface area contributed by atoms with Crippen molar-refractivity contribution in [3.63, 3.8) is 0 Å². The van der Waals surface area contributed by atoms with Crippen LogP contribution < -0.4 is 23.7 Å². The molecule has 2 aromatic rings. The van der Waals surface area contributed by atoms with Gasteiger partial charge in [-0.1, -0.05) is 96.1 Å². The van der Waals surface area contributed by atoms with E-state index in [0.717, 1.165) is 48.1 Å². The topological polar surface area (TPSA) is 89.5 Å². The molecule has 1 fully saturated rings. The van der Waals surface area contributed by atoms with Crippen molar-refractivity contribution in [2.75, 3.05) is 27.6 Å². The van der Waals surface area contributed by atoms with Gasteiger partial charge in [0.25, 0.3) is 0 Å². The molecule has 0 saturated carbocycles. The van der Waals surface area contributed by atoms with Crippen molar-refractivity contribution in [2.45, 2.75) is 135 Å². The zero-order valence-corrected chi connectivity index (χ0v) is 31.3. The number of unbranched alkanes of at least 4 members (excludes halogenated alkanes) is 15. The first-order chi connectivity index (χ1) is 25.0. The summed E-state index contributed by atoms with van der Waals surface area (Å²) >= 11 is 0. The quantitative estimate of drug-likeness (QED) is 0.0489. The number of esters is 2. The third kappa shape index (κ3) is 10.7. The summed E-state index contributed by atoms with van der Waals surface area (Å²) in [5.41, 5.74) is 2.93. The van der Waals surface area contributed by atoms with E-state index < -0.39 is 0 Å². The molecule has 0 amide bonds. The van der Waals surface area contributed by atoms with Gasteiger partial charge in [-0.3, -0.25) is 9.59 Å². The minimum Gasteiger partial charge on any atom is -0.493 e. The van der Waals surface area contributed by atoms with Crippen LogP contribution in [0.1, 0.15) is 145 Å². The van der Waals surface area contributed by atoms with E-state index in [4.69, 9.17) is 28.4 Å². The number of methoxy groups -OCH3 is 2. The summed E-state index contributed by atoms with van der Waals surface area (Å²) < 4.78 is 34.2. The van der Waals surface area contributed by atoms with Gasteiger partial charge in [0.1, 0.15) is 0 Å². The lowest BCUT2D eigenvalue weighted by atomic mass is 9.67. The average molecular weight is 705 g/mol. The highest BCUT2D eigenvalue weighted by atomic mass is 16.7. The Morgan fingerprint density at radius 3 is 1.92 bits per heavy atom. The fourth-order valence-electron chi connectivity index (χ4n) is 7.90. The van der Waals surface area contributed by atoms with E-state index in [1.807, 2.05) is 24.3 Å². The van der Waals surface area contributed by atoms with Gasteiger partial charge in [-0.2, -0.15) is 0 Å². The normalized spacial score (nSPS) is 18.8. The van der Waals surface area contributed by atoms with Crippen LogP contribution in [0.15, 0.2) is 36.4 Å². The van der Waals surface area contributed by atoms with Gasteiger partial charge in [0.2, 0.25) is 12.5 Å². The molecule has 2 aliphatic heterocycles. The molecule has 5 rings (SSSR count). The largest absolute Gasteiger partial charge is 0.493 e. The molecule has 8 nitrogen and oxygen atoms in total. The molecule has 0 radical (unpaired) electrons. The minimum atomic E-state index is -0.354. The second-order valence-corrected chi connectivity index (χ2v) is 14.5. The Balaban J connectivity index is 1.03. The maximum absolute atomic E-state index is 13.1. The molecule has 1 aliphatic carbocycles. The molecule has 3 atom stereocenters. The van der Waals surface area contributed by atoms with Gasteiger partial charge in [0.15, 0.2) is 23.0 Å². The van der Waals surface area contributed by atoms with Gasteiger partial charge in [-0.25, -0.2) is 0 Å². The summed E-state index contributed by atoms with van der Waals surface area (Å²) in [5, 5.41) is 0. The molecule has 2 heterocycles. The lowest BCUT2D eigenvalue weighted by Gasteiger charge is -2.34. The Morgan fingerprint density at radius 1 is 0.745 bits per heavy atom. The number of rotatable bonds is 23. The van der Waals surface area contributed by atoms with Gasteiger partial charge >= 0.3 is 11.9 Å². The van der Waals surface area contributed by atoms with Crippen molar-refractivity contribution in [1.29, 1.82) is 0 Å². The molecule has 51 heavy (non-hydrogen) atoms. The summed E-state index contributed by atoms with van der Waals surface area (Å²) in [6.07, 6.45) is 27.1. The number of cyclic esters (lactones) is 1. The van der Waals surface area contributed by atoms with Crippen LogP contribution in [0.5, 0.6) is 28.7 Å². The van der Waals surface area contributed by atoms with E-state index >= 15 is 0 Å². The van der Waals surface area contributed by atoms with Gasteiger partial charge in [-0.05, 0) is 79.5 Å². The van der Waals surface area contributed by atoms with Gasteiger partial charge in [-0.15, -0.1) is 0 Å². The number of hydrogen-bond donors (Lipinski definition) is 0. The third-order valence-electron chi connectivity index (χ3n) is 10.7.